The molecule has 0 unspecified atom stereocenters. The first-order valence-corrected chi connectivity index (χ1v) is 6.77. The fourth-order valence-corrected chi connectivity index (χ4v) is 2.67. The third kappa shape index (κ3) is 2.09. The Morgan fingerprint density at radius 2 is 1.90 bits per heavy atom. The molecule has 3 aromatic rings. The van der Waals surface area contributed by atoms with Crippen LogP contribution in [0.25, 0.3) is 16.7 Å². The van der Waals surface area contributed by atoms with Gasteiger partial charge in [0.25, 0.3) is 0 Å². The summed E-state index contributed by atoms with van der Waals surface area (Å²) in [5.41, 5.74) is 2.20. The van der Waals surface area contributed by atoms with Crippen LogP contribution in [-0.2, 0) is 0 Å². The van der Waals surface area contributed by atoms with E-state index >= 15 is 0 Å². The molecule has 2 aromatic heterocycles. The minimum Gasteiger partial charge on any atom is -0.299 e. The molecule has 0 saturated carbocycles. The molecule has 0 aliphatic heterocycles. The number of para-hydroxylation sites is 1. The Kier molecular flexibility index (Phi) is 3.24. The monoisotopic (exact) mass is 304 g/mol. The molecule has 0 aliphatic rings. The Hall–Kier alpha value is -1.84. The van der Waals surface area contributed by atoms with Crippen molar-refractivity contribution in [3.8, 4) is 5.69 Å². The highest BCUT2D eigenvalue weighted by Gasteiger charge is 2.11. The predicted molar refractivity (Wildman–Crippen MR) is 82.1 cm³/mol. The number of hydrogen-bond donors (Lipinski definition) is 0. The van der Waals surface area contributed by atoms with Gasteiger partial charge in [0.15, 0.2) is 5.43 Å². The van der Waals surface area contributed by atoms with Crippen LogP contribution >= 0.6 is 23.2 Å². The van der Waals surface area contributed by atoms with Crippen molar-refractivity contribution < 1.29 is 0 Å². The molecule has 0 atom stereocenters. The number of hydrogen-bond acceptors (Lipinski definition) is 2. The van der Waals surface area contributed by atoms with Crippen LogP contribution in [0.15, 0.2) is 47.4 Å². The molecule has 2 heterocycles. The number of aromatic nitrogens is 2. The molecule has 0 amide bonds. The number of pyridine rings is 2. The van der Waals surface area contributed by atoms with Crippen molar-refractivity contribution in [1.29, 1.82) is 0 Å². The minimum absolute atomic E-state index is 0.0925. The molecule has 3 rings (SSSR count). The maximum Gasteiger partial charge on any atom is 0.191 e. The van der Waals surface area contributed by atoms with Crippen molar-refractivity contribution in [2.75, 3.05) is 0 Å². The lowest BCUT2D eigenvalue weighted by Crippen LogP contribution is -2.09. The lowest BCUT2D eigenvalue weighted by molar-refractivity contribution is 1.05. The van der Waals surface area contributed by atoms with E-state index < -0.39 is 0 Å². The summed E-state index contributed by atoms with van der Waals surface area (Å²) < 4.78 is 1.79. The van der Waals surface area contributed by atoms with Gasteiger partial charge in [-0.2, -0.15) is 0 Å². The second-order valence-corrected chi connectivity index (χ2v) is 5.25. The Bertz CT molecular complexity index is 851. The highest BCUT2D eigenvalue weighted by molar-refractivity contribution is 6.32. The Balaban J connectivity index is 2.46. The summed E-state index contributed by atoms with van der Waals surface area (Å²) in [5, 5.41) is 1.44. The van der Waals surface area contributed by atoms with Gasteiger partial charge in [0.05, 0.1) is 16.1 Å². The third-order valence-corrected chi connectivity index (χ3v) is 3.65. The first kappa shape index (κ1) is 13.2. The third-order valence-electron chi connectivity index (χ3n) is 3.14. The fraction of sp³-hybridized carbons (Fsp3) is 0.0667. The summed E-state index contributed by atoms with van der Waals surface area (Å²) in [6.45, 7) is 1.95. The highest BCUT2D eigenvalue weighted by atomic mass is 35.5. The normalized spacial score (nSPS) is 10.9. The molecule has 0 radical (unpaired) electrons. The van der Waals surface area contributed by atoms with Crippen LogP contribution in [0.5, 0.6) is 0 Å². The van der Waals surface area contributed by atoms with E-state index in [1.54, 1.807) is 29.0 Å². The van der Waals surface area contributed by atoms with Gasteiger partial charge in [0.1, 0.15) is 10.8 Å². The van der Waals surface area contributed by atoms with Gasteiger partial charge in [-0.05, 0) is 30.7 Å². The standard InChI is InChI=1S/C15H10Cl2N2O/c1-9-3-2-4-11(16)14(9)19-8-7-12(20)10-5-6-13(17)18-15(10)19/h2-8H,1H3. The van der Waals surface area contributed by atoms with Crippen LogP contribution in [-0.4, -0.2) is 9.55 Å². The summed E-state index contributed by atoms with van der Waals surface area (Å²) in [7, 11) is 0. The van der Waals surface area contributed by atoms with Gasteiger partial charge >= 0.3 is 0 Å². The second-order valence-electron chi connectivity index (χ2n) is 4.46. The Morgan fingerprint density at radius 1 is 1.10 bits per heavy atom. The van der Waals surface area contributed by atoms with Crippen molar-refractivity contribution in [3.63, 3.8) is 0 Å². The van der Waals surface area contributed by atoms with Crippen LogP contribution in [0.2, 0.25) is 10.2 Å². The molecule has 0 bridgehead atoms. The molecule has 0 saturated heterocycles. The van der Waals surface area contributed by atoms with Crippen molar-refractivity contribution in [1.82, 2.24) is 9.55 Å². The fourth-order valence-electron chi connectivity index (χ4n) is 2.21. The zero-order valence-electron chi connectivity index (χ0n) is 10.6. The van der Waals surface area contributed by atoms with Gasteiger partial charge in [-0.15, -0.1) is 0 Å². The van der Waals surface area contributed by atoms with E-state index in [1.807, 2.05) is 19.1 Å². The molecule has 5 heteroatoms. The van der Waals surface area contributed by atoms with Gasteiger partial charge in [-0.25, -0.2) is 4.98 Å². The SMILES string of the molecule is Cc1cccc(Cl)c1-n1ccc(=O)c2ccc(Cl)nc21. The van der Waals surface area contributed by atoms with Gasteiger partial charge < -0.3 is 0 Å². The molecule has 3 nitrogen and oxygen atoms in total. The van der Waals surface area contributed by atoms with Crippen LogP contribution < -0.4 is 5.43 Å². The molecule has 0 N–H and O–H groups in total. The van der Waals surface area contributed by atoms with Crippen molar-refractivity contribution >= 4 is 34.2 Å². The smallest absolute Gasteiger partial charge is 0.191 e. The van der Waals surface area contributed by atoms with Crippen LogP contribution in [0, 0.1) is 6.92 Å². The van der Waals surface area contributed by atoms with Crippen LogP contribution in [0.3, 0.4) is 0 Å². The van der Waals surface area contributed by atoms with Gasteiger partial charge in [0.2, 0.25) is 0 Å². The molecule has 0 fully saturated rings. The lowest BCUT2D eigenvalue weighted by atomic mass is 10.2. The second kappa shape index (κ2) is 4.93. The highest BCUT2D eigenvalue weighted by Crippen LogP contribution is 2.26. The first-order valence-electron chi connectivity index (χ1n) is 6.01. The lowest BCUT2D eigenvalue weighted by Gasteiger charge is -2.14. The summed E-state index contributed by atoms with van der Waals surface area (Å²) in [6.07, 6.45) is 1.67. The summed E-state index contributed by atoms with van der Waals surface area (Å²) in [6, 6.07) is 10.4. The Morgan fingerprint density at radius 3 is 2.65 bits per heavy atom. The maximum atomic E-state index is 11.9. The number of rotatable bonds is 1. The van der Waals surface area contributed by atoms with E-state index in [1.165, 1.54) is 6.07 Å². The van der Waals surface area contributed by atoms with E-state index in [0.29, 0.717) is 21.2 Å². The molecule has 1 aromatic carbocycles. The number of aryl methyl sites for hydroxylation is 1. The molecular formula is C15H10Cl2N2O. The molecule has 0 aliphatic carbocycles. The molecule has 20 heavy (non-hydrogen) atoms. The van der Waals surface area contributed by atoms with Gasteiger partial charge in [0, 0.05) is 12.3 Å². The number of benzene rings is 1. The van der Waals surface area contributed by atoms with Crippen LogP contribution in [0.1, 0.15) is 5.56 Å². The number of nitrogens with zero attached hydrogens (tertiary/aromatic N) is 2. The minimum atomic E-state index is -0.0925. The zero-order chi connectivity index (χ0) is 14.3. The van der Waals surface area contributed by atoms with E-state index in [-0.39, 0.29) is 5.43 Å². The van der Waals surface area contributed by atoms with Crippen LogP contribution in [0.4, 0.5) is 0 Å². The van der Waals surface area contributed by atoms with Gasteiger partial charge in [-0.1, -0.05) is 35.3 Å². The average molecular weight is 305 g/mol. The Labute approximate surface area is 125 Å². The summed E-state index contributed by atoms with van der Waals surface area (Å²) >= 11 is 12.2. The van der Waals surface area contributed by atoms with E-state index in [0.717, 1.165) is 11.3 Å². The zero-order valence-corrected chi connectivity index (χ0v) is 12.1. The average Bonchev–Trinajstić information content (AvgIpc) is 2.41. The van der Waals surface area contributed by atoms with E-state index in [4.69, 9.17) is 23.2 Å². The predicted octanol–water partition coefficient (Wildman–Crippen LogP) is 4.00. The number of halogens is 2. The largest absolute Gasteiger partial charge is 0.299 e. The van der Waals surface area contributed by atoms with Gasteiger partial charge in [-0.3, -0.25) is 9.36 Å². The van der Waals surface area contributed by atoms with Crippen molar-refractivity contribution in [2.24, 2.45) is 0 Å². The summed E-state index contributed by atoms with van der Waals surface area (Å²) in [5.74, 6) is 0. The topological polar surface area (TPSA) is 34.9 Å². The number of fused-ring (bicyclic) bond motifs is 1. The molecular weight excluding hydrogens is 295 g/mol. The van der Waals surface area contributed by atoms with E-state index in [2.05, 4.69) is 4.98 Å². The molecule has 100 valence electrons. The van der Waals surface area contributed by atoms with Crippen molar-refractivity contribution in [3.05, 3.63) is 68.6 Å². The maximum absolute atomic E-state index is 11.9. The summed E-state index contributed by atoms with van der Waals surface area (Å²) in [4.78, 5) is 16.2. The van der Waals surface area contributed by atoms with E-state index in [9.17, 15) is 4.79 Å². The molecule has 0 spiro atoms. The quantitative estimate of drug-likeness (QED) is 0.637. The first-order chi connectivity index (χ1) is 9.58. The van der Waals surface area contributed by atoms with Crippen molar-refractivity contribution in [2.45, 2.75) is 6.92 Å².